The predicted molar refractivity (Wildman–Crippen MR) is 135 cm³/mol. The van der Waals surface area contributed by atoms with Gasteiger partial charge in [0.25, 0.3) is 5.89 Å². The van der Waals surface area contributed by atoms with Gasteiger partial charge in [-0.15, -0.1) is 0 Å². The summed E-state index contributed by atoms with van der Waals surface area (Å²) in [6, 6.07) is 14.3. The number of rotatable bonds is 8. The summed E-state index contributed by atoms with van der Waals surface area (Å²) in [7, 11) is 7.55. The number of aromatic nitrogens is 2. The molecule has 1 heterocycles. The zero-order chi connectivity index (χ0) is 24.1. The lowest BCUT2D eigenvalue weighted by Gasteiger charge is -2.37. The zero-order valence-corrected chi connectivity index (χ0v) is 21.0. The Morgan fingerprint density at radius 1 is 1.00 bits per heavy atom. The highest BCUT2D eigenvalue weighted by molar-refractivity contribution is 6.30. The summed E-state index contributed by atoms with van der Waals surface area (Å²) in [6.07, 6.45) is 8.83. The van der Waals surface area contributed by atoms with Crippen LogP contribution in [0.2, 0.25) is 5.02 Å². The Morgan fingerprint density at radius 2 is 1.71 bits per heavy atom. The Labute approximate surface area is 206 Å². The first-order valence-corrected chi connectivity index (χ1v) is 12.0. The molecule has 0 aliphatic heterocycles. The third kappa shape index (κ3) is 5.62. The summed E-state index contributed by atoms with van der Waals surface area (Å²) in [5.41, 5.74) is 2.15. The van der Waals surface area contributed by atoms with Crippen LogP contribution in [0.1, 0.15) is 43.2 Å². The molecule has 0 spiro atoms. The molecule has 1 fully saturated rings. The van der Waals surface area contributed by atoms with Crippen molar-refractivity contribution < 1.29 is 14.0 Å². The van der Waals surface area contributed by atoms with E-state index < -0.39 is 0 Å². The predicted octanol–water partition coefficient (Wildman–Crippen LogP) is 6.53. The van der Waals surface area contributed by atoms with Gasteiger partial charge in [0.15, 0.2) is 11.5 Å². The molecule has 7 heteroatoms. The highest BCUT2D eigenvalue weighted by Crippen LogP contribution is 2.40. The van der Waals surface area contributed by atoms with Gasteiger partial charge in [-0.1, -0.05) is 35.0 Å². The molecule has 1 unspecified atom stereocenters. The molecule has 0 radical (unpaired) electrons. The number of benzene rings is 2. The fraction of sp³-hybridized carbons (Fsp3) is 0.407. The number of nitrogens with zero attached hydrogens (tertiary/aromatic N) is 3. The molecule has 4 rings (SSSR count). The van der Waals surface area contributed by atoms with E-state index in [-0.39, 0.29) is 0 Å². The lowest BCUT2D eigenvalue weighted by molar-refractivity contribution is 0.159. The maximum absolute atomic E-state index is 6.10. The molecule has 6 nitrogen and oxygen atoms in total. The second-order valence-corrected chi connectivity index (χ2v) is 9.46. The second kappa shape index (κ2) is 11.1. The van der Waals surface area contributed by atoms with Gasteiger partial charge in [0.05, 0.1) is 14.2 Å². The fourth-order valence-electron chi connectivity index (χ4n) is 4.92. The SMILES string of the molecule is COc1ccc(-c2noc(/C=C/C3CCC(C(c4ccc(Cl)cc4)N(C)C)CC3)n2)cc1OC. The molecule has 0 saturated heterocycles. The first-order chi connectivity index (χ1) is 16.5. The van der Waals surface area contributed by atoms with E-state index in [0.29, 0.717) is 41.1 Å². The van der Waals surface area contributed by atoms with Crippen LogP contribution >= 0.6 is 11.6 Å². The molecule has 0 bridgehead atoms. The lowest BCUT2D eigenvalue weighted by Crippen LogP contribution is -2.30. The van der Waals surface area contributed by atoms with Gasteiger partial charge in [-0.3, -0.25) is 0 Å². The summed E-state index contributed by atoms with van der Waals surface area (Å²) in [4.78, 5) is 6.86. The Bertz CT molecular complexity index is 1100. The molecule has 1 aliphatic carbocycles. The van der Waals surface area contributed by atoms with Gasteiger partial charge in [-0.25, -0.2) is 0 Å². The van der Waals surface area contributed by atoms with Crippen LogP contribution in [0.5, 0.6) is 11.5 Å². The van der Waals surface area contributed by atoms with E-state index >= 15 is 0 Å². The normalized spacial score (nSPS) is 19.5. The third-order valence-corrected chi connectivity index (χ3v) is 6.88. The summed E-state index contributed by atoms with van der Waals surface area (Å²) in [5.74, 6) is 3.48. The van der Waals surface area contributed by atoms with Crippen LogP contribution in [-0.4, -0.2) is 43.4 Å². The van der Waals surface area contributed by atoms with Crippen LogP contribution in [0.3, 0.4) is 0 Å². The van der Waals surface area contributed by atoms with E-state index in [1.54, 1.807) is 14.2 Å². The van der Waals surface area contributed by atoms with Crippen molar-refractivity contribution in [1.82, 2.24) is 15.0 Å². The Kier molecular flexibility index (Phi) is 7.91. The van der Waals surface area contributed by atoms with Crippen molar-refractivity contribution in [3.63, 3.8) is 0 Å². The Hall–Kier alpha value is -2.83. The molecule has 0 N–H and O–H groups in total. The summed E-state index contributed by atoms with van der Waals surface area (Å²) in [6.45, 7) is 0. The number of methoxy groups -OCH3 is 2. The molecular weight excluding hydrogens is 450 g/mol. The summed E-state index contributed by atoms with van der Waals surface area (Å²) in [5, 5.41) is 4.91. The minimum Gasteiger partial charge on any atom is -0.493 e. The van der Waals surface area contributed by atoms with Gasteiger partial charge >= 0.3 is 0 Å². The average molecular weight is 482 g/mol. The maximum atomic E-state index is 6.10. The first kappa shape index (κ1) is 24.3. The van der Waals surface area contributed by atoms with Crippen molar-refractivity contribution in [2.24, 2.45) is 11.8 Å². The first-order valence-electron chi connectivity index (χ1n) is 11.6. The topological polar surface area (TPSA) is 60.6 Å². The largest absolute Gasteiger partial charge is 0.493 e. The maximum Gasteiger partial charge on any atom is 0.250 e. The quantitative estimate of drug-likeness (QED) is 0.364. The number of ether oxygens (including phenoxy) is 2. The molecule has 180 valence electrons. The van der Waals surface area contributed by atoms with Crippen molar-refractivity contribution in [2.45, 2.75) is 31.7 Å². The number of halogens is 1. The van der Waals surface area contributed by atoms with E-state index in [1.807, 2.05) is 36.4 Å². The summed E-state index contributed by atoms with van der Waals surface area (Å²) < 4.78 is 16.1. The molecule has 2 aromatic carbocycles. The molecule has 3 aromatic rings. The van der Waals surface area contributed by atoms with Gasteiger partial charge in [0.1, 0.15) is 0 Å². The molecule has 34 heavy (non-hydrogen) atoms. The van der Waals surface area contributed by atoms with Gasteiger partial charge in [0.2, 0.25) is 5.82 Å². The molecule has 1 saturated carbocycles. The van der Waals surface area contributed by atoms with Gasteiger partial charge < -0.3 is 18.9 Å². The van der Waals surface area contributed by atoms with Gasteiger partial charge in [-0.05, 0) is 93.6 Å². The van der Waals surface area contributed by atoms with Crippen LogP contribution < -0.4 is 9.47 Å². The number of hydrogen-bond donors (Lipinski definition) is 0. The van der Waals surface area contributed by atoms with Crippen molar-refractivity contribution in [1.29, 1.82) is 0 Å². The lowest BCUT2D eigenvalue weighted by atomic mass is 9.76. The van der Waals surface area contributed by atoms with Gasteiger partial charge in [-0.2, -0.15) is 4.98 Å². The van der Waals surface area contributed by atoms with E-state index in [1.165, 1.54) is 18.4 Å². The zero-order valence-electron chi connectivity index (χ0n) is 20.2. The van der Waals surface area contributed by atoms with Crippen LogP contribution in [0.25, 0.3) is 17.5 Å². The standard InChI is InChI=1S/C27H32ClN3O3/c1-31(2)26(20-10-13-22(28)14-11-20)19-8-5-18(6-9-19)7-16-25-29-27(30-34-25)21-12-15-23(32-3)24(17-21)33-4/h7,10-19,26H,5-6,8-9H2,1-4H3/b16-7+. The monoisotopic (exact) mass is 481 g/mol. The molecular formula is C27H32ClN3O3. The van der Waals surface area contributed by atoms with Crippen molar-refractivity contribution >= 4 is 17.7 Å². The molecule has 1 aliphatic rings. The number of hydrogen-bond acceptors (Lipinski definition) is 6. The number of allylic oxidation sites excluding steroid dienone is 1. The van der Waals surface area contributed by atoms with Crippen molar-refractivity contribution in [2.75, 3.05) is 28.3 Å². The Balaban J connectivity index is 1.37. The highest BCUT2D eigenvalue weighted by atomic mass is 35.5. The van der Waals surface area contributed by atoms with E-state index in [9.17, 15) is 0 Å². The van der Waals surface area contributed by atoms with E-state index in [4.69, 9.17) is 25.6 Å². The van der Waals surface area contributed by atoms with Crippen LogP contribution in [0.4, 0.5) is 0 Å². The van der Waals surface area contributed by atoms with Gasteiger partial charge in [0, 0.05) is 16.6 Å². The average Bonchev–Trinajstić information content (AvgIpc) is 3.33. The highest BCUT2D eigenvalue weighted by Gasteiger charge is 2.29. The minimum atomic E-state index is 0.405. The third-order valence-electron chi connectivity index (χ3n) is 6.63. The molecule has 0 amide bonds. The molecule has 1 atom stereocenters. The van der Waals surface area contributed by atoms with E-state index in [2.05, 4.69) is 47.3 Å². The second-order valence-electron chi connectivity index (χ2n) is 9.02. The minimum absolute atomic E-state index is 0.405. The van der Waals surface area contributed by atoms with Crippen LogP contribution in [0, 0.1) is 11.8 Å². The van der Waals surface area contributed by atoms with Crippen molar-refractivity contribution in [3.05, 3.63) is 65.0 Å². The smallest absolute Gasteiger partial charge is 0.250 e. The fourth-order valence-corrected chi connectivity index (χ4v) is 5.04. The van der Waals surface area contributed by atoms with E-state index in [0.717, 1.165) is 23.4 Å². The summed E-state index contributed by atoms with van der Waals surface area (Å²) >= 11 is 6.10. The van der Waals surface area contributed by atoms with Crippen LogP contribution in [-0.2, 0) is 0 Å². The Morgan fingerprint density at radius 3 is 2.35 bits per heavy atom. The van der Waals surface area contributed by atoms with Crippen molar-refractivity contribution in [3.8, 4) is 22.9 Å². The molecule has 1 aromatic heterocycles. The van der Waals surface area contributed by atoms with Crippen LogP contribution in [0.15, 0.2) is 53.1 Å².